The van der Waals surface area contributed by atoms with Gasteiger partial charge in [0.15, 0.2) is 5.78 Å². The number of carbonyl (C=O) groups excluding carboxylic acids is 2. The van der Waals surface area contributed by atoms with E-state index in [-0.39, 0.29) is 19.3 Å². The fourth-order valence-electron chi connectivity index (χ4n) is 1.74. The zero-order valence-corrected chi connectivity index (χ0v) is 10.2. The van der Waals surface area contributed by atoms with Gasteiger partial charge in [-0.25, -0.2) is 4.79 Å². The first-order valence-electron chi connectivity index (χ1n) is 5.34. The second kappa shape index (κ2) is 5.87. The van der Waals surface area contributed by atoms with E-state index >= 15 is 0 Å². The van der Waals surface area contributed by atoms with Gasteiger partial charge in [0.2, 0.25) is 0 Å². The zero-order chi connectivity index (χ0) is 12.4. The number of cyclic esters (lactones) is 1. The molecule has 1 aromatic carbocycles. The zero-order valence-electron chi connectivity index (χ0n) is 9.40. The quantitative estimate of drug-likeness (QED) is 0.772. The normalized spacial score (nSPS) is 14.8. The number of hydrogen-bond donors (Lipinski definition) is 0. The van der Waals surface area contributed by atoms with Crippen LogP contribution < -0.4 is 4.90 Å². The minimum atomic E-state index is -0.372. The number of nitrogens with zero attached hydrogens (tertiary/aromatic N) is 1. The Labute approximate surface area is 111 Å². The minimum absolute atomic E-state index is 0. The Bertz CT molecular complexity index is 473. The summed E-state index contributed by atoms with van der Waals surface area (Å²) in [7, 11) is 0. The largest absolute Gasteiger partial charge is 0.449 e. The van der Waals surface area contributed by atoms with Crippen molar-refractivity contribution in [1.29, 1.82) is 0 Å². The van der Waals surface area contributed by atoms with E-state index in [1.807, 2.05) is 0 Å². The highest BCUT2D eigenvalue weighted by molar-refractivity contribution is 6.34. The standard InChI is InChI=1S/C12H12ClNO3.CH4/c1-8(15)10-4-3-9(7-11(10)13)14-5-2-6-17-12(14)16;/h3-4,7H,2,5-6H2,1H3;1H4. The highest BCUT2D eigenvalue weighted by Crippen LogP contribution is 2.25. The van der Waals surface area contributed by atoms with Crippen LogP contribution in [0.15, 0.2) is 18.2 Å². The number of hydrogen-bond acceptors (Lipinski definition) is 3. The maximum Gasteiger partial charge on any atom is 0.414 e. The molecule has 18 heavy (non-hydrogen) atoms. The van der Waals surface area contributed by atoms with Gasteiger partial charge in [-0.1, -0.05) is 19.0 Å². The number of Topliss-reactive ketones (excluding diaryl/α,β-unsaturated/α-hetero) is 1. The molecule has 0 unspecified atom stereocenters. The van der Waals surface area contributed by atoms with Crippen LogP contribution in [-0.4, -0.2) is 25.0 Å². The van der Waals surface area contributed by atoms with Crippen molar-refractivity contribution in [2.45, 2.75) is 20.8 Å². The molecule has 1 heterocycles. The summed E-state index contributed by atoms with van der Waals surface area (Å²) in [6, 6.07) is 4.95. The van der Waals surface area contributed by atoms with Gasteiger partial charge in [-0.15, -0.1) is 0 Å². The molecule has 1 amide bonds. The monoisotopic (exact) mass is 269 g/mol. The summed E-state index contributed by atoms with van der Waals surface area (Å²) in [5.41, 5.74) is 1.12. The molecular weight excluding hydrogens is 254 g/mol. The SMILES string of the molecule is C.CC(=O)c1ccc(N2CCCOC2=O)cc1Cl. The predicted molar refractivity (Wildman–Crippen MR) is 71.5 cm³/mol. The smallest absolute Gasteiger partial charge is 0.414 e. The molecule has 5 heteroatoms. The molecule has 1 aromatic rings. The van der Waals surface area contributed by atoms with Crippen LogP contribution in [0, 0.1) is 0 Å². The Hall–Kier alpha value is -1.55. The van der Waals surface area contributed by atoms with Crippen LogP contribution >= 0.6 is 11.6 Å². The topological polar surface area (TPSA) is 46.6 Å². The van der Waals surface area contributed by atoms with E-state index in [1.165, 1.54) is 11.8 Å². The van der Waals surface area contributed by atoms with Gasteiger partial charge < -0.3 is 4.74 Å². The number of ketones is 1. The number of rotatable bonds is 2. The molecule has 0 atom stereocenters. The number of benzene rings is 1. The molecule has 1 aliphatic heterocycles. The van der Waals surface area contributed by atoms with Crippen molar-refractivity contribution in [2.75, 3.05) is 18.1 Å². The van der Waals surface area contributed by atoms with E-state index in [1.54, 1.807) is 18.2 Å². The van der Waals surface area contributed by atoms with E-state index in [0.717, 1.165) is 6.42 Å². The average Bonchev–Trinajstić information content (AvgIpc) is 2.29. The molecule has 0 aliphatic carbocycles. The maximum atomic E-state index is 11.5. The lowest BCUT2D eigenvalue weighted by Gasteiger charge is -2.26. The van der Waals surface area contributed by atoms with Gasteiger partial charge in [0.25, 0.3) is 0 Å². The molecule has 0 saturated carbocycles. The van der Waals surface area contributed by atoms with Crippen molar-refractivity contribution in [3.8, 4) is 0 Å². The second-order valence-corrected chi connectivity index (χ2v) is 4.25. The summed E-state index contributed by atoms with van der Waals surface area (Å²) in [5, 5.41) is 0.355. The van der Waals surface area contributed by atoms with Gasteiger partial charge >= 0.3 is 6.09 Å². The minimum Gasteiger partial charge on any atom is -0.449 e. The predicted octanol–water partition coefficient (Wildman–Crippen LogP) is 3.53. The van der Waals surface area contributed by atoms with Gasteiger partial charge in [-0.3, -0.25) is 9.69 Å². The maximum absolute atomic E-state index is 11.5. The molecule has 1 fully saturated rings. The average molecular weight is 270 g/mol. The third-order valence-electron chi connectivity index (χ3n) is 2.62. The van der Waals surface area contributed by atoms with Gasteiger partial charge in [0.1, 0.15) is 0 Å². The molecule has 0 bridgehead atoms. The number of carbonyl (C=O) groups is 2. The van der Waals surface area contributed by atoms with Crippen molar-refractivity contribution in [1.82, 2.24) is 0 Å². The van der Waals surface area contributed by atoms with Crippen LogP contribution in [0.1, 0.15) is 31.1 Å². The van der Waals surface area contributed by atoms with Crippen molar-refractivity contribution in [3.05, 3.63) is 28.8 Å². The van der Waals surface area contributed by atoms with Crippen LogP contribution in [0.5, 0.6) is 0 Å². The van der Waals surface area contributed by atoms with Crippen LogP contribution in [0.3, 0.4) is 0 Å². The van der Waals surface area contributed by atoms with Gasteiger partial charge in [0.05, 0.1) is 11.6 Å². The van der Waals surface area contributed by atoms with Gasteiger partial charge in [0, 0.05) is 17.8 Å². The highest BCUT2D eigenvalue weighted by atomic mass is 35.5. The van der Waals surface area contributed by atoms with Crippen molar-refractivity contribution >= 4 is 29.2 Å². The molecule has 1 aliphatic rings. The first-order chi connectivity index (χ1) is 8.09. The lowest BCUT2D eigenvalue weighted by atomic mass is 10.1. The Morgan fingerprint density at radius 1 is 1.44 bits per heavy atom. The lowest BCUT2D eigenvalue weighted by Crippen LogP contribution is -2.37. The van der Waals surface area contributed by atoms with Crippen LogP contribution in [0.25, 0.3) is 0 Å². The first kappa shape index (κ1) is 14.5. The van der Waals surface area contributed by atoms with E-state index < -0.39 is 0 Å². The van der Waals surface area contributed by atoms with Gasteiger partial charge in [-0.2, -0.15) is 0 Å². The Morgan fingerprint density at radius 3 is 2.72 bits per heavy atom. The van der Waals surface area contributed by atoms with Crippen LogP contribution in [0.2, 0.25) is 5.02 Å². The molecule has 0 spiro atoms. The van der Waals surface area contributed by atoms with Crippen molar-refractivity contribution in [2.24, 2.45) is 0 Å². The summed E-state index contributed by atoms with van der Waals surface area (Å²) < 4.78 is 4.94. The van der Waals surface area contributed by atoms with E-state index in [9.17, 15) is 9.59 Å². The summed E-state index contributed by atoms with van der Waals surface area (Å²) in [5.74, 6) is -0.0947. The summed E-state index contributed by atoms with van der Waals surface area (Å²) in [6.07, 6.45) is 0.417. The molecule has 2 rings (SSSR count). The molecule has 4 nitrogen and oxygen atoms in total. The third-order valence-corrected chi connectivity index (χ3v) is 2.93. The van der Waals surface area contributed by atoms with E-state index in [4.69, 9.17) is 16.3 Å². The highest BCUT2D eigenvalue weighted by Gasteiger charge is 2.22. The lowest BCUT2D eigenvalue weighted by molar-refractivity contribution is 0.101. The van der Waals surface area contributed by atoms with Gasteiger partial charge in [-0.05, 0) is 31.5 Å². The fourth-order valence-corrected chi connectivity index (χ4v) is 2.05. The fraction of sp³-hybridized carbons (Fsp3) is 0.385. The second-order valence-electron chi connectivity index (χ2n) is 3.84. The molecular formula is C13H16ClNO3. The Balaban J connectivity index is 0.00000162. The van der Waals surface area contributed by atoms with Crippen molar-refractivity contribution in [3.63, 3.8) is 0 Å². The van der Waals surface area contributed by atoms with E-state index in [2.05, 4.69) is 0 Å². The van der Waals surface area contributed by atoms with Crippen molar-refractivity contribution < 1.29 is 14.3 Å². The molecule has 1 saturated heterocycles. The number of anilines is 1. The van der Waals surface area contributed by atoms with Crippen LogP contribution in [-0.2, 0) is 4.74 Å². The number of amides is 1. The molecule has 0 aromatic heterocycles. The molecule has 0 radical (unpaired) electrons. The third kappa shape index (κ3) is 2.82. The van der Waals surface area contributed by atoms with E-state index in [0.29, 0.717) is 29.4 Å². The number of ether oxygens (including phenoxy) is 1. The Morgan fingerprint density at radius 2 is 2.17 bits per heavy atom. The van der Waals surface area contributed by atoms with Crippen LogP contribution in [0.4, 0.5) is 10.5 Å². The molecule has 0 N–H and O–H groups in total. The summed E-state index contributed by atoms with van der Waals surface area (Å²) in [4.78, 5) is 24.3. The molecule has 98 valence electrons. The number of halogens is 1. The Kier molecular flexibility index (Phi) is 4.73. The summed E-state index contributed by atoms with van der Waals surface area (Å²) in [6.45, 7) is 2.51. The first-order valence-corrected chi connectivity index (χ1v) is 5.72. The summed E-state index contributed by atoms with van der Waals surface area (Å²) >= 11 is 5.99.